The lowest BCUT2D eigenvalue weighted by Crippen LogP contribution is -2.14. The summed E-state index contributed by atoms with van der Waals surface area (Å²) in [5, 5.41) is -0.107. The average molecular weight is 252 g/mol. The second-order valence-electron chi connectivity index (χ2n) is 3.28. The average Bonchev–Trinajstić information content (AvgIpc) is 2.29. The van der Waals surface area contributed by atoms with Gasteiger partial charge in [0.2, 0.25) is 0 Å². The minimum Gasteiger partial charge on any atom is -0.278 e. The zero-order chi connectivity index (χ0) is 12.3. The van der Waals surface area contributed by atoms with Gasteiger partial charge in [0.05, 0.1) is 5.69 Å². The molecule has 0 aliphatic heterocycles. The maximum absolute atomic E-state index is 12.9. The first-order valence-electron chi connectivity index (χ1n) is 4.77. The number of nitrogens with one attached hydrogen (secondary N) is 1. The third-order valence-corrected chi connectivity index (χ3v) is 3.29. The molecule has 0 fully saturated rings. The zero-order valence-corrected chi connectivity index (χ0v) is 9.49. The van der Waals surface area contributed by atoms with E-state index in [4.69, 9.17) is 0 Å². The van der Waals surface area contributed by atoms with Crippen molar-refractivity contribution in [2.45, 2.75) is 5.03 Å². The van der Waals surface area contributed by atoms with Gasteiger partial charge in [-0.15, -0.1) is 0 Å². The van der Waals surface area contributed by atoms with Crippen LogP contribution in [0.3, 0.4) is 0 Å². The number of hydrogen-bond donors (Lipinski definition) is 1. The van der Waals surface area contributed by atoms with Crippen molar-refractivity contribution in [2.24, 2.45) is 0 Å². The molecule has 88 valence electrons. The molecule has 0 aliphatic carbocycles. The van der Waals surface area contributed by atoms with Crippen LogP contribution in [0.5, 0.6) is 0 Å². The Bertz CT molecular complexity index is 614. The number of benzene rings is 1. The van der Waals surface area contributed by atoms with E-state index in [1.165, 1.54) is 30.5 Å². The molecule has 0 spiro atoms. The number of sulfonamides is 1. The Kier molecular flexibility index (Phi) is 3.06. The van der Waals surface area contributed by atoms with E-state index in [0.29, 0.717) is 0 Å². The van der Waals surface area contributed by atoms with Crippen LogP contribution in [-0.2, 0) is 10.0 Å². The van der Waals surface area contributed by atoms with Crippen molar-refractivity contribution in [1.82, 2.24) is 4.98 Å². The monoisotopic (exact) mass is 252 g/mol. The van der Waals surface area contributed by atoms with Crippen molar-refractivity contribution >= 4 is 15.7 Å². The van der Waals surface area contributed by atoms with E-state index in [0.717, 1.165) is 6.07 Å². The van der Waals surface area contributed by atoms with Gasteiger partial charge >= 0.3 is 0 Å². The molecular formula is C11H9FN2O2S. The molecule has 0 saturated heterocycles. The second-order valence-corrected chi connectivity index (χ2v) is 4.91. The van der Waals surface area contributed by atoms with Gasteiger partial charge in [0, 0.05) is 6.20 Å². The van der Waals surface area contributed by atoms with E-state index in [9.17, 15) is 12.8 Å². The van der Waals surface area contributed by atoms with Crippen LogP contribution in [0, 0.1) is 5.82 Å². The largest absolute Gasteiger partial charge is 0.279 e. The van der Waals surface area contributed by atoms with Gasteiger partial charge < -0.3 is 0 Å². The quantitative estimate of drug-likeness (QED) is 0.909. The summed E-state index contributed by atoms with van der Waals surface area (Å²) in [6.45, 7) is 0. The van der Waals surface area contributed by atoms with Crippen LogP contribution >= 0.6 is 0 Å². The molecule has 2 aromatic rings. The first kappa shape index (κ1) is 11.5. The second kappa shape index (κ2) is 4.50. The maximum atomic E-state index is 12.9. The normalized spacial score (nSPS) is 11.1. The van der Waals surface area contributed by atoms with Gasteiger partial charge in [0.1, 0.15) is 5.82 Å². The molecule has 2 rings (SSSR count). The summed E-state index contributed by atoms with van der Waals surface area (Å²) >= 11 is 0. The zero-order valence-electron chi connectivity index (χ0n) is 8.67. The van der Waals surface area contributed by atoms with Crippen LogP contribution in [0.2, 0.25) is 0 Å². The summed E-state index contributed by atoms with van der Waals surface area (Å²) < 4.78 is 38.8. The lowest BCUT2D eigenvalue weighted by Gasteiger charge is -2.06. The van der Waals surface area contributed by atoms with Crippen molar-refractivity contribution in [1.29, 1.82) is 0 Å². The Hall–Kier alpha value is -1.95. The van der Waals surface area contributed by atoms with Crippen molar-refractivity contribution in [3.05, 3.63) is 54.5 Å². The van der Waals surface area contributed by atoms with Crippen LogP contribution in [-0.4, -0.2) is 13.4 Å². The lowest BCUT2D eigenvalue weighted by atomic mass is 10.3. The Morgan fingerprint density at radius 3 is 2.59 bits per heavy atom. The van der Waals surface area contributed by atoms with E-state index >= 15 is 0 Å². The Labute approximate surface area is 98.2 Å². The third kappa shape index (κ3) is 2.79. The molecule has 0 saturated carbocycles. The van der Waals surface area contributed by atoms with Crippen molar-refractivity contribution < 1.29 is 12.8 Å². The predicted molar refractivity (Wildman–Crippen MR) is 61.4 cm³/mol. The highest BCUT2D eigenvalue weighted by Gasteiger charge is 2.14. The van der Waals surface area contributed by atoms with Crippen LogP contribution in [0.1, 0.15) is 0 Å². The fourth-order valence-corrected chi connectivity index (χ4v) is 2.26. The molecule has 4 nitrogen and oxygen atoms in total. The lowest BCUT2D eigenvalue weighted by molar-refractivity contribution is 0.597. The first-order valence-corrected chi connectivity index (χ1v) is 6.26. The molecule has 0 aliphatic rings. The molecule has 1 aromatic heterocycles. The van der Waals surface area contributed by atoms with Crippen LogP contribution in [0.15, 0.2) is 53.7 Å². The topological polar surface area (TPSA) is 59.1 Å². The summed E-state index contributed by atoms with van der Waals surface area (Å²) in [6, 6.07) is 9.75. The molecule has 1 heterocycles. The van der Waals surface area contributed by atoms with Crippen LogP contribution in [0.4, 0.5) is 10.1 Å². The van der Waals surface area contributed by atoms with Gasteiger partial charge in [-0.3, -0.25) is 4.72 Å². The fraction of sp³-hybridized carbons (Fsp3) is 0. The van der Waals surface area contributed by atoms with Gasteiger partial charge in [0.25, 0.3) is 10.0 Å². The molecule has 6 heteroatoms. The van der Waals surface area contributed by atoms with Crippen molar-refractivity contribution in [3.8, 4) is 0 Å². The minimum atomic E-state index is -3.76. The smallest absolute Gasteiger partial charge is 0.278 e. The number of anilines is 1. The van der Waals surface area contributed by atoms with Gasteiger partial charge in [-0.05, 0) is 30.3 Å². The fourth-order valence-electron chi connectivity index (χ4n) is 1.27. The summed E-state index contributed by atoms with van der Waals surface area (Å²) in [5.74, 6) is -0.508. The standard InChI is InChI=1S/C11H9FN2O2S/c12-9-4-3-5-10(8-9)14-17(15,16)11-6-1-2-7-13-11/h1-8,14H. The van der Waals surface area contributed by atoms with E-state index < -0.39 is 15.8 Å². The van der Waals surface area contributed by atoms with Crippen molar-refractivity contribution in [3.63, 3.8) is 0 Å². The molecule has 0 amide bonds. The van der Waals surface area contributed by atoms with Crippen LogP contribution < -0.4 is 4.72 Å². The Morgan fingerprint density at radius 1 is 1.12 bits per heavy atom. The first-order chi connectivity index (χ1) is 8.08. The molecule has 17 heavy (non-hydrogen) atoms. The van der Waals surface area contributed by atoms with Gasteiger partial charge in [-0.25, -0.2) is 9.37 Å². The number of halogens is 1. The molecule has 0 bridgehead atoms. The van der Waals surface area contributed by atoms with Crippen LogP contribution in [0.25, 0.3) is 0 Å². The number of hydrogen-bond acceptors (Lipinski definition) is 3. The number of nitrogens with zero attached hydrogens (tertiary/aromatic N) is 1. The third-order valence-electron chi connectivity index (χ3n) is 1.99. The molecule has 0 radical (unpaired) electrons. The van der Waals surface area contributed by atoms with E-state index in [1.807, 2.05) is 0 Å². The summed E-state index contributed by atoms with van der Waals surface area (Å²) in [7, 11) is -3.76. The number of pyridine rings is 1. The van der Waals surface area contributed by atoms with Gasteiger partial charge in [0.15, 0.2) is 5.03 Å². The molecular weight excluding hydrogens is 243 g/mol. The summed E-state index contributed by atoms with van der Waals surface area (Å²) in [6.07, 6.45) is 1.38. The number of rotatable bonds is 3. The SMILES string of the molecule is O=S(=O)(Nc1cccc(F)c1)c1ccccn1. The minimum absolute atomic E-state index is 0.107. The highest BCUT2D eigenvalue weighted by atomic mass is 32.2. The molecule has 0 unspecified atom stereocenters. The Balaban J connectivity index is 2.30. The van der Waals surface area contributed by atoms with E-state index in [1.54, 1.807) is 12.1 Å². The van der Waals surface area contributed by atoms with E-state index in [-0.39, 0.29) is 10.7 Å². The molecule has 1 aromatic carbocycles. The highest BCUT2D eigenvalue weighted by Crippen LogP contribution is 2.14. The Morgan fingerprint density at radius 2 is 1.94 bits per heavy atom. The molecule has 0 atom stereocenters. The van der Waals surface area contributed by atoms with Gasteiger partial charge in [-0.2, -0.15) is 8.42 Å². The summed E-state index contributed by atoms with van der Waals surface area (Å²) in [5.41, 5.74) is 0.163. The van der Waals surface area contributed by atoms with E-state index in [2.05, 4.69) is 9.71 Å². The molecule has 1 N–H and O–H groups in total. The summed E-state index contributed by atoms with van der Waals surface area (Å²) in [4.78, 5) is 3.72. The van der Waals surface area contributed by atoms with Crippen molar-refractivity contribution in [2.75, 3.05) is 4.72 Å². The maximum Gasteiger partial charge on any atom is 0.279 e. The highest BCUT2D eigenvalue weighted by molar-refractivity contribution is 7.92. The predicted octanol–water partition coefficient (Wildman–Crippen LogP) is 2.02. The number of aromatic nitrogens is 1. The van der Waals surface area contributed by atoms with Gasteiger partial charge in [-0.1, -0.05) is 12.1 Å².